The molecule has 6 nitrogen and oxygen atoms in total. The van der Waals surface area contributed by atoms with Gasteiger partial charge in [-0.1, -0.05) is 0 Å². The number of aromatic nitrogens is 4. The second-order valence-corrected chi connectivity index (χ2v) is 5.59. The van der Waals surface area contributed by atoms with Gasteiger partial charge in [0, 0.05) is 32.0 Å². The molecule has 0 aliphatic rings. The van der Waals surface area contributed by atoms with Gasteiger partial charge in [-0.05, 0) is 45.5 Å². The molecule has 0 saturated heterocycles. The molecule has 0 unspecified atom stereocenters. The van der Waals surface area contributed by atoms with Gasteiger partial charge in [0.15, 0.2) is 5.11 Å². The molecule has 0 aromatic carbocycles. The molecule has 0 fully saturated rings. The lowest BCUT2D eigenvalue weighted by Crippen LogP contribution is -2.30. The molecule has 2 aromatic heterocycles. The van der Waals surface area contributed by atoms with E-state index in [0.29, 0.717) is 5.11 Å². The van der Waals surface area contributed by atoms with E-state index in [2.05, 4.69) is 33.8 Å². The molecule has 2 aromatic rings. The summed E-state index contributed by atoms with van der Waals surface area (Å²) in [6, 6.07) is 2.09. The van der Waals surface area contributed by atoms with Gasteiger partial charge in [0.05, 0.1) is 17.1 Å². The summed E-state index contributed by atoms with van der Waals surface area (Å²) in [5, 5.41) is 15.7. The molecule has 0 saturated carbocycles. The van der Waals surface area contributed by atoms with Crippen molar-refractivity contribution in [3.63, 3.8) is 0 Å². The smallest absolute Gasteiger partial charge is 0.170 e. The van der Waals surface area contributed by atoms with Crippen LogP contribution in [0.15, 0.2) is 12.3 Å². The summed E-state index contributed by atoms with van der Waals surface area (Å²) in [5.74, 6) is 0. The maximum absolute atomic E-state index is 5.28. The molecule has 0 amide bonds. The summed E-state index contributed by atoms with van der Waals surface area (Å²) in [6.45, 7) is 7.74. The normalized spacial score (nSPS) is 10.7. The van der Waals surface area contributed by atoms with Crippen LogP contribution in [0.2, 0.25) is 0 Å². The lowest BCUT2D eigenvalue weighted by atomic mass is 10.4. The lowest BCUT2D eigenvalue weighted by Gasteiger charge is -2.10. The quantitative estimate of drug-likeness (QED) is 0.653. The van der Waals surface area contributed by atoms with Crippen LogP contribution in [0.5, 0.6) is 0 Å². The van der Waals surface area contributed by atoms with Crippen molar-refractivity contribution < 1.29 is 0 Å². The summed E-state index contributed by atoms with van der Waals surface area (Å²) < 4.78 is 3.79. The van der Waals surface area contributed by atoms with E-state index in [-0.39, 0.29) is 0 Å². The van der Waals surface area contributed by atoms with E-state index < -0.39 is 0 Å². The number of nitrogens with one attached hydrogen (secondary N) is 2. The monoisotopic (exact) mass is 306 g/mol. The van der Waals surface area contributed by atoms with Crippen molar-refractivity contribution in [1.29, 1.82) is 0 Å². The summed E-state index contributed by atoms with van der Waals surface area (Å²) in [5.41, 5.74) is 4.13. The zero-order valence-electron chi connectivity index (χ0n) is 13.0. The predicted molar refractivity (Wildman–Crippen MR) is 88.5 cm³/mol. The molecule has 0 radical (unpaired) electrons. The summed E-state index contributed by atoms with van der Waals surface area (Å²) in [7, 11) is 1.89. The van der Waals surface area contributed by atoms with Crippen molar-refractivity contribution in [2.45, 2.75) is 33.7 Å². The van der Waals surface area contributed by atoms with E-state index in [4.69, 9.17) is 12.2 Å². The minimum absolute atomic E-state index is 0.625. The van der Waals surface area contributed by atoms with Crippen molar-refractivity contribution >= 4 is 23.0 Å². The van der Waals surface area contributed by atoms with Crippen LogP contribution in [0.3, 0.4) is 0 Å². The van der Waals surface area contributed by atoms with E-state index in [1.807, 2.05) is 31.8 Å². The Bertz CT molecular complexity index is 627. The molecule has 0 aliphatic carbocycles. The van der Waals surface area contributed by atoms with Gasteiger partial charge in [0.1, 0.15) is 0 Å². The first-order chi connectivity index (χ1) is 9.95. The Hall–Kier alpha value is -1.89. The number of anilines is 1. The first-order valence-electron chi connectivity index (χ1n) is 7.02. The molecule has 7 heteroatoms. The number of rotatable bonds is 5. The van der Waals surface area contributed by atoms with Crippen LogP contribution in [0.25, 0.3) is 0 Å². The summed E-state index contributed by atoms with van der Waals surface area (Å²) in [4.78, 5) is 0. The Kier molecular flexibility index (Phi) is 4.95. The van der Waals surface area contributed by atoms with Crippen molar-refractivity contribution in [1.82, 2.24) is 24.9 Å². The zero-order valence-corrected chi connectivity index (χ0v) is 13.8. The Balaban J connectivity index is 1.72. The van der Waals surface area contributed by atoms with E-state index in [0.717, 1.165) is 36.6 Å². The Morgan fingerprint density at radius 3 is 2.62 bits per heavy atom. The van der Waals surface area contributed by atoms with E-state index in [1.54, 1.807) is 4.68 Å². The van der Waals surface area contributed by atoms with Gasteiger partial charge in [0.2, 0.25) is 0 Å². The van der Waals surface area contributed by atoms with Gasteiger partial charge in [-0.25, -0.2) is 0 Å². The molecule has 2 rings (SSSR count). The highest BCUT2D eigenvalue weighted by Gasteiger charge is 2.05. The number of nitrogens with zero attached hydrogens (tertiary/aromatic N) is 4. The summed E-state index contributed by atoms with van der Waals surface area (Å²) >= 11 is 5.28. The third-order valence-electron chi connectivity index (χ3n) is 3.20. The number of hydrogen-bond acceptors (Lipinski definition) is 3. The average Bonchev–Trinajstić information content (AvgIpc) is 2.87. The number of hydrogen-bond donors (Lipinski definition) is 2. The average molecular weight is 306 g/mol. The first-order valence-corrected chi connectivity index (χ1v) is 7.42. The fourth-order valence-electron chi connectivity index (χ4n) is 2.22. The Labute approximate surface area is 130 Å². The standard InChI is InChI=1S/C14H22N6S/c1-10-8-11(2)20(17-10)7-5-6-15-14(21)16-13-9-19(4)18-12(13)3/h8-9H,5-7H2,1-4H3,(H2,15,16,21). The van der Waals surface area contributed by atoms with Gasteiger partial charge in [-0.15, -0.1) is 0 Å². The Morgan fingerprint density at radius 1 is 1.29 bits per heavy atom. The first kappa shape index (κ1) is 15.5. The van der Waals surface area contributed by atoms with Gasteiger partial charge in [-0.3, -0.25) is 9.36 Å². The highest BCUT2D eigenvalue weighted by Crippen LogP contribution is 2.10. The van der Waals surface area contributed by atoms with Crippen molar-refractivity contribution in [3.05, 3.63) is 29.3 Å². The maximum atomic E-state index is 5.28. The minimum Gasteiger partial charge on any atom is -0.362 e. The maximum Gasteiger partial charge on any atom is 0.170 e. The van der Waals surface area contributed by atoms with Crippen molar-refractivity contribution in [2.24, 2.45) is 7.05 Å². The molecule has 0 aliphatic heterocycles. The lowest BCUT2D eigenvalue weighted by molar-refractivity contribution is 0.558. The molecule has 2 N–H and O–H groups in total. The van der Waals surface area contributed by atoms with Gasteiger partial charge >= 0.3 is 0 Å². The molecule has 21 heavy (non-hydrogen) atoms. The van der Waals surface area contributed by atoms with Crippen molar-refractivity contribution in [2.75, 3.05) is 11.9 Å². The minimum atomic E-state index is 0.625. The second kappa shape index (κ2) is 6.71. The number of aryl methyl sites for hydroxylation is 5. The summed E-state index contributed by atoms with van der Waals surface area (Å²) in [6.07, 6.45) is 2.88. The molecule has 2 heterocycles. The van der Waals surface area contributed by atoms with E-state index in [9.17, 15) is 0 Å². The molecule has 114 valence electrons. The Morgan fingerprint density at radius 2 is 2.05 bits per heavy atom. The molecule has 0 atom stereocenters. The van der Waals surface area contributed by atoms with Gasteiger partial charge < -0.3 is 10.6 Å². The highest BCUT2D eigenvalue weighted by molar-refractivity contribution is 7.80. The molecule has 0 spiro atoms. The third kappa shape index (κ3) is 4.29. The van der Waals surface area contributed by atoms with Crippen LogP contribution >= 0.6 is 12.2 Å². The highest BCUT2D eigenvalue weighted by atomic mass is 32.1. The third-order valence-corrected chi connectivity index (χ3v) is 3.44. The van der Waals surface area contributed by atoms with Crippen LogP contribution in [0, 0.1) is 20.8 Å². The van der Waals surface area contributed by atoms with Crippen LogP contribution in [0.1, 0.15) is 23.5 Å². The zero-order chi connectivity index (χ0) is 15.4. The number of thiocarbonyl (C=S) groups is 1. The van der Waals surface area contributed by atoms with E-state index in [1.165, 1.54) is 5.69 Å². The SMILES string of the molecule is Cc1cc(C)n(CCCNC(=S)Nc2cn(C)nc2C)n1. The molecule has 0 bridgehead atoms. The predicted octanol–water partition coefficient (Wildman–Crippen LogP) is 1.92. The fraction of sp³-hybridized carbons (Fsp3) is 0.500. The largest absolute Gasteiger partial charge is 0.362 e. The molecular formula is C14H22N6S. The molecular weight excluding hydrogens is 284 g/mol. The van der Waals surface area contributed by atoms with Crippen LogP contribution in [-0.2, 0) is 13.6 Å². The topological polar surface area (TPSA) is 59.7 Å². The van der Waals surface area contributed by atoms with E-state index >= 15 is 0 Å². The van der Waals surface area contributed by atoms with Crippen LogP contribution in [0.4, 0.5) is 5.69 Å². The van der Waals surface area contributed by atoms with Crippen LogP contribution in [-0.4, -0.2) is 31.2 Å². The van der Waals surface area contributed by atoms with Crippen LogP contribution < -0.4 is 10.6 Å². The van der Waals surface area contributed by atoms with Gasteiger partial charge in [0.25, 0.3) is 0 Å². The van der Waals surface area contributed by atoms with Crippen molar-refractivity contribution in [3.8, 4) is 0 Å². The van der Waals surface area contributed by atoms with Gasteiger partial charge in [-0.2, -0.15) is 10.2 Å². The second-order valence-electron chi connectivity index (χ2n) is 5.19. The fourth-order valence-corrected chi connectivity index (χ4v) is 2.43.